The zero-order valence-electron chi connectivity index (χ0n) is 14.6. The molecule has 1 aromatic carbocycles. The van der Waals surface area contributed by atoms with Crippen molar-refractivity contribution >= 4 is 46.5 Å². The average Bonchev–Trinajstić information content (AvgIpc) is 2.95. The highest BCUT2D eigenvalue weighted by Crippen LogP contribution is 2.32. The van der Waals surface area contributed by atoms with Crippen molar-refractivity contribution in [2.75, 3.05) is 11.1 Å². The second-order valence-electron chi connectivity index (χ2n) is 6.11. The van der Waals surface area contributed by atoms with Crippen molar-refractivity contribution in [3.05, 3.63) is 29.3 Å². The first-order valence-corrected chi connectivity index (χ1v) is 10.5. The van der Waals surface area contributed by atoms with Crippen LogP contribution in [0.5, 0.6) is 0 Å². The lowest BCUT2D eigenvalue weighted by molar-refractivity contribution is -0.115. The van der Waals surface area contributed by atoms with E-state index in [-0.39, 0.29) is 11.2 Å². The summed E-state index contributed by atoms with van der Waals surface area (Å²) in [7, 11) is 0. The summed E-state index contributed by atoms with van der Waals surface area (Å²) in [5.41, 5.74) is 3.13. The number of hydrogen-bond donors (Lipinski definition) is 1. The van der Waals surface area contributed by atoms with Crippen LogP contribution in [0.1, 0.15) is 31.9 Å². The minimum atomic E-state index is -0.221. The van der Waals surface area contributed by atoms with E-state index in [1.165, 1.54) is 17.3 Å². The predicted molar refractivity (Wildman–Crippen MR) is 105 cm³/mol. The number of aryl methyl sites for hydroxylation is 2. The van der Waals surface area contributed by atoms with Gasteiger partial charge in [-0.15, -0.1) is 10.2 Å². The third-order valence-corrected chi connectivity index (χ3v) is 6.88. The summed E-state index contributed by atoms with van der Waals surface area (Å²) in [6.45, 7) is 10.3. The minimum absolute atomic E-state index is 0.0152. The molecule has 1 N–H and O–H groups in total. The van der Waals surface area contributed by atoms with Gasteiger partial charge in [-0.2, -0.15) is 0 Å². The van der Waals surface area contributed by atoms with Gasteiger partial charge in [0.25, 0.3) is 0 Å². The Morgan fingerprint density at radius 3 is 2.58 bits per heavy atom. The molecule has 2 rings (SSSR count). The molecule has 0 saturated carbocycles. The number of anilines is 1. The molecule has 0 radical (unpaired) electrons. The van der Waals surface area contributed by atoms with E-state index in [2.05, 4.69) is 35.4 Å². The number of rotatable bonds is 7. The third kappa shape index (κ3) is 5.79. The lowest BCUT2D eigenvalue weighted by atomic mass is 10.1. The summed E-state index contributed by atoms with van der Waals surface area (Å²) >= 11 is 4.73. The summed E-state index contributed by atoms with van der Waals surface area (Å²) in [5.74, 6) is 1.64. The molecular weight excluding hydrogens is 358 g/mol. The van der Waals surface area contributed by atoms with E-state index in [0.29, 0.717) is 5.92 Å². The molecule has 4 nitrogen and oxygen atoms in total. The van der Waals surface area contributed by atoms with E-state index in [1.807, 2.05) is 32.9 Å². The molecule has 0 fully saturated rings. The average molecular weight is 382 g/mol. The Morgan fingerprint density at radius 2 is 1.92 bits per heavy atom. The SMILES string of the molecule is Cc1ccc(NC(=O)[C@@H](C)Sc2nnc(SCC(C)C)s2)c(C)c1. The molecule has 0 aliphatic carbocycles. The molecule has 0 aliphatic heterocycles. The summed E-state index contributed by atoms with van der Waals surface area (Å²) in [5, 5.41) is 11.1. The van der Waals surface area contributed by atoms with Crippen LogP contribution in [0.25, 0.3) is 0 Å². The summed E-state index contributed by atoms with van der Waals surface area (Å²) in [6.07, 6.45) is 0. The van der Waals surface area contributed by atoms with Crippen molar-refractivity contribution in [1.82, 2.24) is 10.2 Å². The Labute approximate surface area is 156 Å². The lowest BCUT2D eigenvalue weighted by Crippen LogP contribution is -2.22. The molecule has 0 saturated heterocycles. The number of nitrogens with one attached hydrogen (secondary N) is 1. The van der Waals surface area contributed by atoms with Gasteiger partial charge in [0.15, 0.2) is 8.68 Å². The van der Waals surface area contributed by atoms with Crippen LogP contribution in [-0.2, 0) is 4.79 Å². The third-order valence-electron chi connectivity index (χ3n) is 3.21. The molecule has 1 amide bonds. The van der Waals surface area contributed by atoms with Gasteiger partial charge in [0.2, 0.25) is 5.91 Å². The molecule has 1 aromatic heterocycles. The van der Waals surface area contributed by atoms with E-state index in [9.17, 15) is 4.79 Å². The smallest absolute Gasteiger partial charge is 0.237 e. The van der Waals surface area contributed by atoms with Gasteiger partial charge < -0.3 is 5.32 Å². The number of hydrogen-bond acceptors (Lipinski definition) is 6. The van der Waals surface area contributed by atoms with Crippen molar-refractivity contribution in [3.63, 3.8) is 0 Å². The Kier molecular flexibility index (Phi) is 7.13. The summed E-state index contributed by atoms with van der Waals surface area (Å²) in [6, 6.07) is 6.02. The summed E-state index contributed by atoms with van der Waals surface area (Å²) < 4.78 is 1.80. The van der Waals surface area contributed by atoms with Crippen molar-refractivity contribution in [2.24, 2.45) is 5.92 Å². The van der Waals surface area contributed by atoms with Gasteiger partial charge in [-0.05, 0) is 38.3 Å². The number of amides is 1. The highest BCUT2D eigenvalue weighted by Gasteiger charge is 2.18. The van der Waals surface area contributed by atoms with Gasteiger partial charge in [-0.25, -0.2) is 0 Å². The van der Waals surface area contributed by atoms with Crippen molar-refractivity contribution in [1.29, 1.82) is 0 Å². The zero-order valence-corrected chi connectivity index (χ0v) is 17.1. The second-order valence-corrected chi connectivity index (χ2v) is 9.94. The molecule has 2 aromatic rings. The lowest BCUT2D eigenvalue weighted by Gasteiger charge is -2.12. The van der Waals surface area contributed by atoms with Gasteiger partial charge >= 0.3 is 0 Å². The standard InChI is InChI=1S/C17H23N3OS3/c1-10(2)9-22-16-19-20-17(24-16)23-13(5)15(21)18-14-7-6-11(3)8-12(14)4/h6-8,10,13H,9H2,1-5H3,(H,18,21)/t13-/m1/s1. The molecular formula is C17H23N3OS3. The number of carbonyl (C=O) groups excluding carboxylic acids is 1. The van der Waals surface area contributed by atoms with Crippen LogP contribution < -0.4 is 5.32 Å². The number of aromatic nitrogens is 2. The number of benzene rings is 1. The largest absolute Gasteiger partial charge is 0.325 e. The molecule has 24 heavy (non-hydrogen) atoms. The second kappa shape index (κ2) is 8.87. The normalized spacial score (nSPS) is 12.4. The maximum Gasteiger partial charge on any atom is 0.237 e. The van der Waals surface area contributed by atoms with Crippen LogP contribution in [0.15, 0.2) is 26.9 Å². The number of carbonyl (C=O) groups is 1. The topological polar surface area (TPSA) is 54.9 Å². The quantitative estimate of drug-likeness (QED) is 0.682. The zero-order chi connectivity index (χ0) is 17.7. The van der Waals surface area contributed by atoms with Crippen LogP contribution in [0.4, 0.5) is 5.69 Å². The first-order valence-electron chi connectivity index (χ1n) is 7.86. The van der Waals surface area contributed by atoms with Crippen molar-refractivity contribution < 1.29 is 4.79 Å². The van der Waals surface area contributed by atoms with E-state index >= 15 is 0 Å². The van der Waals surface area contributed by atoms with E-state index in [4.69, 9.17) is 0 Å². The monoisotopic (exact) mass is 381 g/mol. The van der Waals surface area contributed by atoms with Gasteiger partial charge in [0, 0.05) is 11.4 Å². The van der Waals surface area contributed by atoms with E-state index < -0.39 is 0 Å². The molecule has 1 heterocycles. The van der Waals surface area contributed by atoms with Crippen LogP contribution in [0.2, 0.25) is 0 Å². The first kappa shape index (κ1) is 19.3. The van der Waals surface area contributed by atoms with Crippen molar-refractivity contribution in [3.8, 4) is 0 Å². The molecule has 0 spiro atoms. The van der Waals surface area contributed by atoms with Gasteiger partial charge in [-0.1, -0.05) is 66.4 Å². The fourth-order valence-electron chi connectivity index (χ4n) is 1.93. The Balaban J connectivity index is 1.91. The summed E-state index contributed by atoms with van der Waals surface area (Å²) in [4.78, 5) is 12.4. The molecule has 0 bridgehead atoms. The molecule has 1 atom stereocenters. The number of nitrogens with zero attached hydrogens (tertiary/aromatic N) is 2. The van der Waals surface area contributed by atoms with Gasteiger partial charge in [0.05, 0.1) is 5.25 Å². The van der Waals surface area contributed by atoms with Crippen LogP contribution in [-0.4, -0.2) is 27.1 Å². The van der Waals surface area contributed by atoms with Crippen molar-refractivity contribution in [2.45, 2.75) is 48.5 Å². The fraction of sp³-hybridized carbons (Fsp3) is 0.471. The first-order chi connectivity index (χ1) is 11.3. The Bertz CT molecular complexity index is 700. The highest BCUT2D eigenvalue weighted by atomic mass is 32.2. The fourth-order valence-corrected chi connectivity index (χ4v) is 5.07. The molecule has 0 aliphatic rings. The molecule has 0 unspecified atom stereocenters. The van der Waals surface area contributed by atoms with E-state index in [1.54, 1.807) is 23.1 Å². The maximum absolute atomic E-state index is 12.4. The van der Waals surface area contributed by atoms with E-state index in [0.717, 1.165) is 25.7 Å². The minimum Gasteiger partial charge on any atom is -0.325 e. The Hall–Kier alpha value is -1.05. The van der Waals surface area contributed by atoms with Gasteiger partial charge in [0.1, 0.15) is 0 Å². The van der Waals surface area contributed by atoms with Crippen LogP contribution >= 0.6 is 34.9 Å². The van der Waals surface area contributed by atoms with Crippen LogP contribution in [0, 0.1) is 19.8 Å². The van der Waals surface area contributed by atoms with Gasteiger partial charge in [-0.3, -0.25) is 4.79 Å². The van der Waals surface area contributed by atoms with Crippen LogP contribution in [0.3, 0.4) is 0 Å². The molecule has 7 heteroatoms. The Morgan fingerprint density at radius 1 is 1.21 bits per heavy atom. The number of thioether (sulfide) groups is 2. The maximum atomic E-state index is 12.4. The predicted octanol–water partition coefficient (Wildman–Crippen LogP) is 5.02. The molecule has 130 valence electrons. The highest BCUT2D eigenvalue weighted by molar-refractivity contribution is 8.03.